The van der Waals surface area contributed by atoms with Gasteiger partial charge in [-0.1, -0.05) is 18.2 Å². The van der Waals surface area contributed by atoms with Crippen molar-refractivity contribution in [3.63, 3.8) is 0 Å². The number of para-hydroxylation sites is 2. The molecule has 4 N–H and O–H groups in total. The second-order valence-electron chi connectivity index (χ2n) is 7.27. The minimum Gasteiger partial charge on any atom is -0.397 e. The Bertz CT molecular complexity index is 1170. The van der Waals surface area contributed by atoms with E-state index in [1.54, 1.807) is 0 Å². The van der Waals surface area contributed by atoms with Gasteiger partial charge in [-0.25, -0.2) is 4.98 Å². The van der Waals surface area contributed by atoms with Crippen LogP contribution in [0.2, 0.25) is 0 Å². The topological polar surface area (TPSA) is 94.0 Å². The van der Waals surface area contributed by atoms with E-state index in [9.17, 15) is 4.79 Å². The van der Waals surface area contributed by atoms with Crippen molar-refractivity contribution in [2.75, 3.05) is 44.9 Å². The van der Waals surface area contributed by atoms with Crippen LogP contribution in [0, 0.1) is 0 Å². The lowest BCUT2D eigenvalue weighted by Crippen LogP contribution is -2.28. The summed E-state index contributed by atoms with van der Waals surface area (Å²) in [6.07, 6.45) is 0. The smallest absolute Gasteiger partial charge is 0.261 e. The Morgan fingerprint density at radius 2 is 1.71 bits per heavy atom. The fourth-order valence-electron chi connectivity index (χ4n) is 3.45. The summed E-state index contributed by atoms with van der Waals surface area (Å²) < 4.78 is 0. The molecule has 2 aromatic heterocycles. The van der Waals surface area contributed by atoms with Crippen LogP contribution in [0.25, 0.3) is 33.3 Å². The number of rotatable bonds is 5. The predicted octanol–water partition coefficient (Wildman–Crippen LogP) is 2.65. The van der Waals surface area contributed by atoms with Crippen LogP contribution in [0.3, 0.4) is 0 Å². The lowest BCUT2D eigenvalue weighted by molar-refractivity contribution is 0.416. The first-order chi connectivity index (χ1) is 13.5. The highest BCUT2D eigenvalue weighted by Gasteiger charge is 2.19. The molecule has 0 aliphatic carbocycles. The van der Waals surface area contributed by atoms with E-state index in [0.717, 1.165) is 40.7 Å². The SMILES string of the molecule is CN(C)CCN(C)c1cccc2[nH]c(=O)c(-c3nc4ccccc4[nH]3)c(N)c12. The second-order valence-corrected chi connectivity index (χ2v) is 7.27. The van der Waals surface area contributed by atoms with Crippen LogP contribution in [0.1, 0.15) is 0 Å². The van der Waals surface area contributed by atoms with E-state index in [0.29, 0.717) is 17.1 Å². The fourth-order valence-corrected chi connectivity index (χ4v) is 3.45. The number of pyridine rings is 1. The first-order valence-electron chi connectivity index (χ1n) is 9.21. The van der Waals surface area contributed by atoms with Crippen molar-refractivity contribution in [2.45, 2.75) is 0 Å². The van der Waals surface area contributed by atoms with Gasteiger partial charge in [-0.3, -0.25) is 4.79 Å². The zero-order valence-corrected chi connectivity index (χ0v) is 16.3. The standard InChI is InChI=1S/C21H24N6O/c1-26(2)11-12-27(3)16-10-6-9-15-17(16)19(22)18(21(28)25-15)20-23-13-7-4-5-8-14(13)24-20/h4-10H,11-12H2,1-3H3,(H,23,24)(H3,22,25,28). The minimum absolute atomic E-state index is 0.253. The van der Waals surface area contributed by atoms with E-state index in [4.69, 9.17) is 5.73 Å². The third kappa shape index (κ3) is 3.10. The first kappa shape index (κ1) is 18.1. The van der Waals surface area contributed by atoms with Crippen LogP contribution in [0.4, 0.5) is 11.4 Å². The van der Waals surface area contributed by atoms with Crippen molar-refractivity contribution in [1.82, 2.24) is 19.9 Å². The number of nitrogen functional groups attached to an aromatic ring is 1. The third-order valence-corrected chi connectivity index (χ3v) is 4.98. The highest BCUT2D eigenvalue weighted by Crippen LogP contribution is 2.34. The Kier molecular flexibility index (Phi) is 4.52. The molecule has 0 fully saturated rings. The molecule has 2 heterocycles. The normalized spacial score (nSPS) is 11.6. The van der Waals surface area contributed by atoms with E-state index < -0.39 is 0 Å². The van der Waals surface area contributed by atoms with Gasteiger partial charge in [0.15, 0.2) is 0 Å². The predicted molar refractivity (Wildman–Crippen MR) is 116 cm³/mol. The van der Waals surface area contributed by atoms with Gasteiger partial charge in [0.1, 0.15) is 11.4 Å². The largest absolute Gasteiger partial charge is 0.397 e. The first-order valence-corrected chi connectivity index (χ1v) is 9.21. The van der Waals surface area contributed by atoms with Crippen molar-refractivity contribution in [2.24, 2.45) is 0 Å². The van der Waals surface area contributed by atoms with Gasteiger partial charge in [-0.15, -0.1) is 0 Å². The van der Waals surface area contributed by atoms with E-state index in [1.807, 2.05) is 63.6 Å². The second kappa shape index (κ2) is 7.01. The quantitative estimate of drug-likeness (QED) is 0.498. The van der Waals surface area contributed by atoms with Crippen LogP contribution in [-0.2, 0) is 0 Å². The molecule has 2 aromatic carbocycles. The van der Waals surface area contributed by atoms with Crippen molar-refractivity contribution in [3.8, 4) is 11.4 Å². The van der Waals surface area contributed by atoms with Gasteiger partial charge < -0.3 is 25.5 Å². The van der Waals surface area contributed by atoms with Crippen molar-refractivity contribution in [1.29, 1.82) is 0 Å². The summed E-state index contributed by atoms with van der Waals surface area (Å²) in [5.41, 5.74) is 10.5. The number of nitrogens with zero attached hydrogens (tertiary/aromatic N) is 3. The van der Waals surface area contributed by atoms with Gasteiger partial charge in [0.2, 0.25) is 0 Å². The Hall–Kier alpha value is -3.32. The maximum absolute atomic E-state index is 12.8. The molecule has 0 spiro atoms. The Balaban J connectivity index is 1.91. The maximum Gasteiger partial charge on any atom is 0.261 e. The summed E-state index contributed by atoms with van der Waals surface area (Å²) in [6, 6.07) is 13.5. The highest BCUT2D eigenvalue weighted by atomic mass is 16.1. The van der Waals surface area contributed by atoms with Gasteiger partial charge in [-0.05, 0) is 38.4 Å². The number of aromatic nitrogens is 3. The molecule has 0 aliphatic heterocycles. The molecule has 0 saturated carbocycles. The van der Waals surface area contributed by atoms with Gasteiger partial charge in [-0.2, -0.15) is 0 Å². The van der Waals surface area contributed by atoms with Crippen molar-refractivity contribution in [3.05, 3.63) is 52.8 Å². The molecule has 7 nitrogen and oxygen atoms in total. The molecule has 0 aliphatic rings. The molecule has 4 rings (SSSR count). The van der Waals surface area contributed by atoms with Gasteiger partial charge >= 0.3 is 0 Å². The number of fused-ring (bicyclic) bond motifs is 2. The Morgan fingerprint density at radius 3 is 2.46 bits per heavy atom. The van der Waals surface area contributed by atoms with Crippen LogP contribution >= 0.6 is 0 Å². The maximum atomic E-state index is 12.8. The third-order valence-electron chi connectivity index (χ3n) is 4.98. The number of anilines is 2. The lowest BCUT2D eigenvalue weighted by atomic mass is 10.1. The molecule has 0 bridgehead atoms. The molecule has 0 unspecified atom stereocenters. The molecule has 0 amide bonds. The monoisotopic (exact) mass is 376 g/mol. The Labute approximate surface area is 162 Å². The van der Waals surface area contributed by atoms with E-state index >= 15 is 0 Å². The van der Waals surface area contributed by atoms with Crippen LogP contribution in [0.15, 0.2) is 47.3 Å². The molecule has 28 heavy (non-hydrogen) atoms. The van der Waals surface area contributed by atoms with Crippen molar-refractivity contribution < 1.29 is 0 Å². The number of nitrogens with two attached hydrogens (primary N) is 1. The fraction of sp³-hybridized carbons (Fsp3) is 0.238. The molecule has 7 heteroatoms. The summed E-state index contributed by atoms with van der Waals surface area (Å²) >= 11 is 0. The average Bonchev–Trinajstić information content (AvgIpc) is 3.09. The van der Waals surface area contributed by atoms with Crippen molar-refractivity contribution >= 4 is 33.3 Å². The Morgan fingerprint density at radius 1 is 0.964 bits per heavy atom. The summed E-state index contributed by atoms with van der Waals surface area (Å²) in [6.45, 7) is 1.75. The zero-order chi connectivity index (χ0) is 19.8. The van der Waals surface area contributed by atoms with Gasteiger partial charge in [0.05, 0.1) is 22.2 Å². The molecular formula is C21H24N6O. The molecule has 0 radical (unpaired) electrons. The number of aromatic amines is 2. The number of likely N-dealkylation sites (N-methyl/N-ethyl adjacent to an activating group) is 2. The highest BCUT2D eigenvalue weighted by molar-refractivity contribution is 6.05. The molecule has 4 aromatic rings. The van der Waals surface area contributed by atoms with E-state index in [1.165, 1.54) is 0 Å². The van der Waals surface area contributed by atoms with Gasteiger partial charge in [0.25, 0.3) is 5.56 Å². The summed E-state index contributed by atoms with van der Waals surface area (Å²) in [7, 11) is 6.12. The number of hydrogen-bond acceptors (Lipinski definition) is 5. The van der Waals surface area contributed by atoms with Crippen LogP contribution in [0.5, 0.6) is 0 Å². The van der Waals surface area contributed by atoms with E-state index in [-0.39, 0.29) is 5.56 Å². The molecule has 0 atom stereocenters. The number of nitrogens with one attached hydrogen (secondary N) is 2. The summed E-state index contributed by atoms with van der Waals surface area (Å²) in [5.74, 6) is 0.479. The molecular weight excluding hydrogens is 352 g/mol. The zero-order valence-electron chi connectivity index (χ0n) is 16.3. The number of H-pyrrole nitrogens is 2. The number of hydrogen-bond donors (Lipinski definition) is 3. The lowest BCUT2D eigenvalue weighted by Gasteiger charge is -2.24. The molecule has 144 valence electrons. The molecule has 0 saturated heterocycles. The summed E-state index contributed by atoms with van der Waals surface area (Å²) in [4.78, 5) is 27.9. The van der Waals surface area contributed by atoms with Crippen LogP contribution in [-0.4, -0.2) is 54.1 Å². The van der Waals surface area contributed by atoms with Crippen LogP contribution < -0.4 is 16.2 Å². The minimum atomic E-state index is -0.253. The van der Waals surface area contributed by atoms with Gasteiger partial charge in [0, 0.05) is 31.2 Å². The number of benzene rings is 2. The average molecular weight is 376 g/mol. The van der Waals surface area contributed by atoms with E-state index in [2.05, 4.69) is 24.8 Å². The summed E-state index contributed by atoms with van der Waals surface area (Å²) in [5, 5.41) is 0.832. The number of imidazole rings is 1.